The number of rotatable bonds is 4. The summed E-state index contributed by atoms with van der Waals surface area (Å²) in [7, 11) is 4.11. The Hall–Kier alpha value is -3.70. The lowest BCUT2D eigenvalue weighted by atomic mass is 10.1. The molecule has 3 aromatic rings. The molecular weight excluding hydrogens is 370 g/mol. The highest BCUT2D eigenvalue weighted by Gasteiger charge is 2.29. The van der Waals surface area contributed by atoms with E-state index in [1.54, 1.807) is 22.9 Å². The summed E-state index contributed by atoms with van der Waals surface area (Å²) in [5.41, 5.74) is 0.486. The number of aromatic carboxylic acids is 1. The minimum atomic E-state index is -1.31. The third-order valence-electron chi connectivity index (χ3n) is 5.29. The van der Waals surface area contributed by atoms with E-state index >= 15 is 0 Å². The van der Waals surface area contributed by atoms with Gasteiger partial charge in [-0.15, -0.1) is 0 Å². The van der Waals surface area contributed by atoms with Gasteiger partial charge in [0.15, 0.2) is 0 Å². The average Bonchev–Trinajstić information content (AvgIpc) is 2.67. The van der Waals surface area contributed by atoms with Crippen molar-refractivity contribution in [3.8, 4) is 11.8 Å². The van der Waals surface area contributed by atoms with Gasteiger partial charge in [0.2, 0.25) is 5.43 Å². The Kier molecular flexibility index (Phi) is 4.53. The van der Waals surface area contributed by atoms with Crippen LogP contribution in [-0.2, 0) is 0 Å². The Bertz CT molecular complexity index is 1200. The van der Waals surface area contributed by atoms with Crippen LogP contribution in [0.4, 0.5) is 5.82 Å². The number of fused-ring (bicyclic) bond motifs is 1. The van der Waals surface area contributed by atoms with E-state index in [-0.39, 0.29) is 10.9 Å². The van der Waals surface area contributed by atoms with Crippen LogP contribution in [0.2, 0.25) is 0 Å². The van der Waals surface area contributed by atoms with Crippen molar-refractivity contribution in [1.29, 1.82) is 5.26 Å². The van der Waals surface area contributed by atoms with Crippen LogP contribution < -0.4 is 10.3 Å². The van der Waals surface area contributed by atoms with Crippen molar-refractivity contribution in [2.24, 2.45) is 0 Å². The highest BCUT2D eigenvalue weighted by molar-refractivity contribution is 5.93. The maximum atomic E-state index is 12.6. The maximum absolute atomic E-state index is 12.6. The van der Waals surface area contributed by atoms with Crippen molar-refractivity contribution in [2.45, 2.75) is 6.04 Å². The predicted octanol–water partition coefficient (Wildman–Crippen LogP) is 1.71. The molecule has 3 heterocycles. The molecule has 4 rings (SSSR count). The minimum absolute atomic E-state index is 0.185. The Balaban J connectivity index is 1.77. The fourth-order valence-corrected chi connectivity index (χ4v) is 3.44. The van der Waals surface area contributed by atoms with Gasteiger partial charge in [-0.05, 0) is 44.4 Å². The zero-order chi connectivity index (χ0) is 20.7. The molecule has 29 heavy (non-hydrogen) atoms. The first-order chi connectivity index (χ1) is 13.9. The monoisotopic (exact) mass is 389 g/mol. The molecule has 1 aliphatic rings. The number of hydrogen-bond acceptors (Lipinski definition) is 6. The van der Waals surface area contributed by atoms with Crippen LogP contribution in [0.25, 0.3) is 16.6 Å². The third-order valence-corrected chi connectivity index (χ3v) is 5.29. The van der Waals surface area contributed by atoms with E-state index in [1.807, 2.05) is 18.2 Å². The second-order valence-corrected chi connectivity index (χ2v) is 7.29. The van der Waals surface area contributed by atoms with Gasteiger partial charge in [0.05, 0.1) is 29.0 Å². The molecule has 0 bridgehead atoms. The quantitative estimate of drug-likeness (QED) is 0.724. The van der Waals surface area contributed by atoms with Crippen LogP contribution in [0.15, 0.2) is 47.5 Å². The lowest BCUT2D eigenvalue weighted by Gasteiger charge is -2.43. The number of carbonyl (C=O) groups is 1. The fraction of sp³-hybridized carbons (Fsp3) is 0.238. The number of hydrogen-bond donors (Lipinski definition) is 1. The van der Waals surface area contributed by atoms with Crippen molar-refractivity contribution >= 4 is 22.7 Å². The summed E-state index contributed by atoms with van der Waals surface area (Å²) in [4.78, 5) is 33.0. The van der Waals surface area contributed by atoms with Crippen molar-refractivity contribution in [3.63, 3.8) is 0 Å². The molecule has 0 saturated carbocycles. The lowest BCUT2D eigenvalue weighted by molar-refractivity contribution is 0.0695. The number of nitriles is 1. The third kappa shape index (κ3) is 3.22. The highest BCUT2D eigenvalue weighted by atomic mass is 16.4. The number of aromatic nitrogens is 2. The summed E-state index contributed by atoms with van der Waals surface area (Å²) in [6.07, 6.45) is 2.97. The van der Waals surface area contributed by atoms with Gasteiger partial charge in [-0.3, -0.25) is 4.79 Å². The number of carboxylic acids is 1. The lowest BCUT2D eigenvalue weighted by Crippen LogP contribution is -2.57. The summed E-state index contributed by atoms with van der Waals surface area (Å²) in [6.45, 7) is 1.81. The Labute approximate surface area is 166 Å². The Morgan fingerprint density at radius 1 is 1.28 bits per heavy atom. The summed E-state index contributed by atoms with van der Waals surface area (Å²) in [5.74, 6) is -0.463. The Morgan fingerprint density at radius 2 is 2.03 bits per heavy atom. The summed E-state index contributed by atoms with van der Waals surface area (Å²) in [6, 6.07) is 10.9. The van der Waals surface area contributed by atoms with Gasteiger partial charge in [-0.1, -0.05) is 0 Å². The minimum Gasteiger partial charge on any atom is -0.477 e. The fourth-order valence-electron chi connectivity index (χ4n) is 3.44. The standard InChI is InChI=1S/C21H19N5O3/c1-24(2)15-10-25(11-15)19-6-4-14(9-23-19)26-12-17(21(28)29)20(27)16-7-13(8-22)3-5-18(16)26/h3-7,9,12,15H,10-11H2,1-2H3,(H,28,29). The van der Waals surface area contributed by atoms with Gasteiger partial charge in [0.25, 0.3) is 0 Å². The topological polar surface area (TPSA) is 102 Å². The van der Waals surface area contributed by atoms with E-state index in [9.17, 15) is 14.7 Å². The first-order valence-electron chi connectivity index (χ1n) is 9.09. The molecule has 8 heteroatoms. The van der Waals surface area contributed by atoms with E-state index in [0.717, 1.165) is 18.9 Å². The SMILES string of the molecule is CN(C)C1CN(c2ccc(-n3cc(C(=O)O)c(=O)c4cc(C#N)ccc43)cn2)C1. The van der Waals surface area contributed by atoms with Gasteiger partial charge >= 0.3 is 5.97 Å². The summed E-state index contributed by atoms with van der Waals surface area (Å²) < 4.78 is 1.62. The molecule has 0 unspecified atom stereocenters. The summed E-state index contributed by atoms with van der Waals surface area (Å²) >= 11 is 0. The normalized spacial score (nSPS) is 14.1. The van der Waals surface area contributed by atoms with Crippen LogP contribution in [0, 0.1) is 11.3 Å². The molecule has 0 atom stereocenters. The number of pyridine rings is 2. The number of anilines is 1. The molecule has 0 amide bonds. The van der Waals surface area contributed by atoms with Gasteiger partial charge in [-0.2, -0.15) is 5.26 Å². The number of carboxylic acid groups (broad SMARTS) is 1. The molecule has 1 aromatic carbocycles. The molecule has 1 fully saturated rings. The van der Waals surface area contributed by atoms with E-state index < -0.39 is 11.4 Å². The smallest absolute Gasteiger partial charge is 0.341 e. The van der Waals surface area contributed by atoms with Crippen LogP contribution in [0.3, 0.4) is 0 Å². The van der Waals surface area contributed by atoms with Gasteiger partial charge < -0.3 is 19.5 Å². The molecule has 1 N–H and O–H groups in total. The van der Waals surface area contributed by atoms with Crippen molar-refractivity contribution in [1.82, 2.24) is 14.5 Å². The first kappa shape index (κ1) is 18.7. The second kappa shape index (κ2) is 7.04. The molecule has 8 nitrogen and oxygen atoms in total. The molecule has 0 aliphatic carbocycles. The van der Waals surface area contributed by atoms with Crippen LogP contribution in [0.5, 0.6) is 0 Å². The van der Waals surface area contributed by atoms with Gasteiger partial charge in [-0.25, -0.2) is 9.78 Å². The highest BCUT2D eigenvalue weighted by Crippen LogP contribution is 2.23. The average molecular weight is 389 g/mol. The van der Waals surface area contributed by atoms with Gasteiger partial charge in [0.1, 0.15) is 11.4 Å². The molecule has 1 aliphatic heterocycles. The molecule has 2 aromatic heterocycles. The van der Waals surface area contributed by atoms with E-state index in [1.165, 1.54) is 12.3 Å². The predicted molar refractivity (Wildman–Crippen MR) is 109 cm³/mol. The van der Waals surface area contributed by atoms with E-state index in [2.05, 4.69) is 28.9 Å². The molecular formula is C21H19N5O3. The second-order valence-electron chi connectivity index (χ2n) is 7.29. The number of likely N-dealkylation sites (N-methyl/N-ethyl adjacent to an activating group) is 1. The van der Waals surface area contributed by atoms with Gasteiger partial charge in [0, 0.05) is 30.7 Å². The van der Waals surface area contributed by atoms with Crippen molar-refractivity contribution in [2.75, 3.05) is 32.1 Å². The summed E-state index contributed by atoms with van der Waals surface area (Å²) in [5, 5.41) is 18.8. The van der Waals surface area contributed by atoms with E-state index in [0.29, 0.717) is 22.8 Å². The number of nitrogens with zero attached hydrogens (tertiary/aromatic N) is 5. The molecule has 0 radical (unpaired) electrons. The first-order valence-corrected chi connectivity index (χ1v) is 9.09. The van der Waals surface area contributed by atoms with Crippen LogP contribution in [0.1, 0.15) is 15.9 Å². The van der Waals surface area contributed by atoms with Crippen LogP contribution in [-0.4, -0.2) is 58.8 Å². The zero-order valence-corrected chi connectivity index (χ0v) is 16.0. The number of benzene rings is 1. The molecule has 0 spiro atoms. The van der Waals surface area contributed by atoms with Crippen LogP contribution >= 0.6 is 0 Å². The largest absolute Gasteiger partial charge is 0.477 e. The zero-order valence-electron chi connectivity index (χ0n) is 16.0. The molecule has 1 saturated heterocycles. The Morgan fingerprint density at radius 3 is 2.62 bits per heavy atom. The maximum Gasteiger partial charge on any atom is 0.341 e. The van der Waals surface area contributed by atoms with Crippen molar-refractivity contribution in [3.05, 3.63) is 64.1 Å². The molecule has 146 valence electrons. The van der Waals surface area contributed by atoms with Crippen molar-refractivity contribution < 1.29 is 9.90 Å². The van der Waals surface area contributed by atoms with E-state index in [4.69, 9.17) is 5.26 Å².